The number of nitrogens with zero attached hydrogens (tertiary/aromatic N) is 2. The van der Waals surface area contributed by atoms with Gasteiger partial charge in [0.1, 0.15) is 5.52 Å². The second-order valence-electron chi connectivity index (χ2n) is 6.96. The van der Waals surface area contributed by atoms with Crippen molar-refractivity contribution in [2.45, 2.75) is 20.3 Å². The monoisotopic (exact) mass is 401 g/mol. The fourth-order valence-electron chi connectivity index (χ4n) is 3.16. The first-order chi connectivity index (χ1) is 14.4. The predicted octanol–water partition coefficient (Wildman–Crippen LogP) is 5.53. The lowest BCUT2D eigenvalue weighted by Gasteiger charge is -2.06. The van der Waals surface area contributed by atoms with Crippen molar-refractivity contribution < 1.29 is 14.1 Å². The molecule has 0 fully saturated rings. The molecule has 150 valence electrons. The maximum Gasteiger partial charge on any atom is 0.273 e. The maximum atomic E-state index is 12.5. The molecule has 30 heavy (non-hydrogen) atoms. The Balaban J connectivity index is 1.53. The van der Waals surface area contributed by atoms with Crippen molar-refractivity contribution in [3.63, 3.8) is 0 Å². The fraction of sp³-hybridized carbons (Fsp3) is 0.130. The van der Waals surface area contributed by atoms with E-state index in [2.05, 4.69) is 17.2 Å². The van der Waals surface area contributed by atoms with Crippen molar-refractivity contribution in [1.29, 1.82) is 0 Å². The fourth-order valence-corrected chi connectivity index (χ4v) is 3.16. The second-order valence-corrected chi connectivity index (χ2v) is 6.96. The van der Waals surface area contributed by atoms with Gasteiger partial charge < -0.3 is 9.73 Å². The van der Waals surface area contributed by atoms with Crippen LogP contribution in [0.3, 0.4) is 0 Å². The van der Waals surface area contributed by atoms with E-state index in [9.17, 15) is 14.9 Å². The molecule has 1 amide bonds. The SMILES string of the molecule is CCc1ccc2oc(-c3ccc(NC(=O)c4ccc(C)c([N+](=O)[O-])c4)cc3)nc2c1. The van der Waals surface area contributed by atoms with Crippen LogP contribution in [0.4, 0.5) is 11.4 Å². The summed E-state index contributed by atoms with van der Waals surface area (Å²) < 4.78 is 5.83. The van der Waals surface area contributed by atoms with E-state index in [0.29, 0.717) is 17.1 Å². The third kappa shape index (κ3) is 3.77. The van der Waals surface area contributed by atoms with E-state index in [1.807, 2.05) is 18.2 Å². The van der Waals surface area contributed by atoms with Gasteiger partial charge in [-0.1, -0.05) is 19.1 Å². The maximum absolute atomic E-state index is 12.5. The number of fused-ring (bicyclic) bond motifs is 1. The first-order valence-electron chi connectivity index (χ1n) is 9.51. The molecule has 4 aromatic rings. The molecule has 0 bridgehead atoms. The number of anilines is 1. The number of nitro groups is 1. The minimum Gasteiger partial charge on any atom is -0.436 e. The van der Waals surface area contributed by atoms with Crippen LogP contribution >= 0.6 is 0 Å². The van der Waals surface area contributed by atoms with E-state index >= 15 is 0 Å². The van der Waals surface area contributed by atoms with E-state index in [1.165, 1.54) is 11.6 Å². The minimum absolute atomic E-state index is 0.0832. The van der Waals surface area contributed by atoms with Crippen LogP contribution in [0.1, 0.15) is 28.4 Å². The van der Waals surface area contributed by atoms with Crippen LogP contribution in [0.15, 0.2) is 65.1 Å². The highest BCUT2D eigenvalue weighted by Crippen LogP contribution is 2.26. The average molecular weight is 401 g/mol. The quantitative estimate of drug-likeness (QED) is 0.350. The van der Waals surface area contributed by atoms with Crippen LogP contribution in [-0.2, 0) is 6.42 Å². The third-order valence-corrected chi connectivity index (χ3v) is 4.92. The number of nitrogens with one attached hydrogen (secondary N) is 1. The molecule has 0 saturated carbocycles. The molecule has 7 heteroatoms. The van der Waals surface area contributed by atoms with E-state index in [4.69, 9.17) is 4.42 Å². The van der Waals surface area contributed by atoms with Gasteiger partial charge in [-0.25, -0.2) is 4.98 Å². The highest BCUT2D eigenvalue weighted by Gasteiger charge is 2.15. The molecular weight excluding hydrogens is 382 g/mol. The smallest absolute Gasteiger partial charge is 0.273 e. The van der Waals surface area contributed by atoms with Gasteiger partial charge in [-0.15, -0.1) is 0 Å². The van der Waals surface area contributed by atoms with E-state index in [0.717, 1.165) is 23.1 Å². The van der Waals surface area contributed by atoms with Gasteiger partial charge in [-0.2, -0.15) is 0 Å². The summed E-state index contributed by atoms with van der Waals surface area (Å²) in [5.74, 6) is 0.0881. The Morgan fingerprint density at radius 3 is 2.57 bits per heavy atom. The molecule has 0 aliphatic heterocycles. The Bertz CT molecular complexity index is 1260. The largest absolute Gasteiger partial charge is 0.436 e. The number of nitro benzene ring substituents is 1. The van der Waals surface area contributed by atoms with Crippen molar-refractivity contribution in [2.75, 3.05) is 5.32 Å². The normalized spacial score (nSPS) is 10.9. The standard InChI is InChI=1S/C23H19N3O4/c1-3-15-5-11-21-19(12-15)25-23(30-21)16-7-9-18(10-8-16)24-22(27)17-6-4-14(2)20(13-17)26(28)29/h4-13H,3H2,1-2H3,(H,24,27). The van der Waals surface area contributed by atoms with Gasteiger partial charge in [-0.05, 0) is 61.4 Å². The van der Waals surface area contributed by atoms with Gasteiger partial charge in [0.15, 0.2) is 5.58 Å². The number of rotatable bonds is 5. The third-order valence-electron chi connectivity index (χ3n) is 4.92. The first kappa shape index (κ1) is 19.3. The number of carbonyl (C=O) groups excluding carboxylic acids is 1. The van der Waals surface area contributed by atoms with E-state index in [1.54, 1.807) is 43.3 Å². The topological polar surface area (TPSA) is 98.3 Å². The molecule has 1 heterocycles. The van der Waals surface area contributed by atoms with Crippen molar-refractivity contribution in [2.24, 2.45) is 0 Å². The van der Waals surface area contributed by atoms with Gasteiger partial charge in [0.2, 0.25) is 5.89 Å². The summed E-state index contributed by atoms with van der Waals surface area (Å²) in [6, 6.07) is 17.4. The summed E-state index contributed by atoms with van der Waals surface area (Å²) in [5, 5.41) is 13.8. The Morgan fingerprint density at radius 1 is 1.10 bits per heavy atom. The lowest BCUT2D eigenvalue weighted by molar-refractivity contribution is -0.385. The van der Waals surface area contributed by atoms with Gasteiger partial charge in [0.25, 0.3) is 11.6 Å². The van der Waals surface area contributed by atoms with Crippen molar-refractivity contribution in [3.05, 3.63) is 87.5 Å². The lowest BCUT2D eigenvalue weighted by atomic mass is 10.1. The summed E-state index contributed by atoms with van der Waals surface area (Å²) in [4.78, 5) is 27.6. The molecule has 1 aromatic heterocycles. The highest BCUT2D eigenvalue weighted by molar-refractivity contribution is 6.04. The molecule has 0 radical (unpaired) electrons. The molecule has 0 unspecified atom stereocenters. The number of amides is 1. The number of aromatic nitrogens is 1. The molecule has 3 aromatic carbocycles. The average Bonchev–Trinajstić information content (AvgIpc) is 3.17. The molecule has 1 N–H and O–H groups in total. The van der Waals surface area contributed by atoms with Crippen molar-refractivity contribution >= 4 is 28.4 Å². The number of benzene rings is 3. The summed E-state index contributed by atoms with van der Waals surface area (Å²) in [6.07, 6.45) is 0.927. The van der Waals surface area contributed by atoms with Crippen LogP contribution in [0.5, 0.6) is 0 Å². The molecule has 0 saturated heterocycles. The number of aryl methyl sites for hydroxylation is 2. The number of hydrogen-bond donors (Lipinski definition) is 1. The number of hydrogen-bond acceptors (Lipinski definition) is 5. The van der Waals surface area contributed by atoms with Crippen molar-refractivity contribution in [1.82, 2.24) is 4.98 Å². The van der Waals surface area contributed by atoms with E-state index in [-0.39, 0.29) is 11.3 Å². The van der Waals surface area contributed by atoms with Gasteiger partial charge >= 0.3 is 0 Å². The summed E-state index contributed by atoms with van der Waals surface area (Å²) in [7, 11) is 0. The molecule has 0 spiro atoms. The Labute approximate surface area is 172 Å². The summed E-state index contributed by atoms with van der Waals surface area (Å²) in [6.45, 7) is 3.72. The van der Waals surface area contributed by atoms with Gasteiger partial charge in [-0.3, -0.25) is 14.9 Å². The highest BCUT2D eigenvalue weighted by atomic mass is 16.6. The second kappa shape index (κ2) is 7.79. The zero-order chi connectivity index (χ0) is 21.3. The number of oxazole rings is 1. The zero-order valence-corrected chi connectivity index (χ0v) is 16.5. The van der Waals surface area contributed by atoms with Crippen LogP contribution in [0, 0.1) is 17.0 Å². The van der Waals surface area contributed by atoms with Crippen molar-refractivity contribution in [3.8, 4) is 11.5 Å². The number of carbonyl (C=O) groups is 1. The summed E-state index contributed by atoms with van der Waals surface area (Å²) >= 11 is 0. The Hall–Kier alpha value is -4.00. The lowest BCUT2D eigenvalue weighted by Crippen LogP contribution is -2.12. The minimum atomic E-state index is -0.495. The van der Waals surface area contributed by atoms with E-state index < -0.39 is 10.8 Å². The molecule has 0 aliphatic rings. The van der Waals surface area contributed by atoms with Gasteiger partial charge in [0.05, 0.1) is 4.92 Å². The Kier molecular flexibility index (Phi) is 5.02. The molecule has 0 aliphatic carbocycles. The summed E-state index contributed by atoms with van der Waals surface area (Å²) in [5.41, 5.74) is 4.72. The molecular formula is C23H19N3O4. The van der Waals surface area contributed by atoms with Crippen LogP contribution < -0.4 is 5.32 Å². The van der Waals surface area contributed by atoms with Crippen LogP contribution in [0.25, 0.3) is 22.6 Å². The van der Waals surface area contributed by atoms with Crippen LogP contribution in [-0.4, -0.2) is 15.8 Å². The zero-order valence-electron chi connectivity index (χ0n) is 16.5. The van der Waals surface area contributed by atoms with Gasteiger partial charge in [0, 0.05) is 28.4 Å². The molecule has 0 atom stereocenters. The molecule has 4 rings (SSSR count). The molecule has 7 nitrogen and oxygen atoms in total. The first-order valence-corrected chi connectivity index (χ1v) is 9.51. The predicted molar refractivity (Wildman–Crippen MR) is 115 cm³/mol. The Morgan fingerprint density at radius 2 is 1.87 bits per heavy atom. The van der Waals surface area contributed by atoms with Crippen LogP contribution in [0.2, 0.25) is 0 Å².